The van der Waals surface area contributed by atoms with E-state index in [0.717, 1.165) is 32.2 Å². The minimum Gasteiger partial charge on any atom is -0.465 e. The molecule has 0 aromatic heterocycles. The summed E-state index contributed by atoms with van der Waals surface area (Å²) in [6.45, 7) is 5.31. The van der Waals surface area contributed by atoms with Gasteiger partial charge >= 0.3 is 5.97 Å². The van der Waals surface area contributed by atoms with Crippen LogP contribution in [0.15, 0.2) is 0 Å². The molecule has 2 rings (SSSR count). The molecule has 19 heavy (non-hydrogen) atoms. The molecule has 5 heteroatoms. The van der Waals surface area contributed by atoms with E-state index >= 15 is 0 Å². The highest BCUT2D eigenvalue weighted by molar-refractivity contribution is 5.86. The summed E-state index contributed by atoms with van der Waals surface area (Å²) >= 11 is 0. The van der Waals surface area contributed by atoms with Gasteiger partial charge < -0.3 is 15.0 Å². The van der Waals surface area contributed by atoms with Crippen LogP contribution >= 0.6 is 0 Å². The van der Waals surface area contributed by atoms with Crippen molar-refractivity contribution in [2.75, 3.05) is 19.7 Å². The Morgan fingerprint density at radius 2 is 2.05 bits per heavy atom. The van der Waals surface area contributed by atoms with E-state index in [-0.39, 0.29) is 30.5 Å². The fourth-order valence-electron chi connectivity index (χ4n) is 2.61. The monoisotopic (exact) mass is 268 g/mol. The first-order valence-corrected chi connectivity index (χ1v) is 7.31. The number of ether oxygens (including phenoxy) is 1. The standard InChI is InChI=1S/C14H24N2O3/c1-3-19-13(17)9-16(11-4-5-11)14(18)12-8-10(2)6-7-15-12/h10-12,15H,3-9H2,1-2H3. The van der Waals surface area contributed by atoms with E-state index < -0.39 is 0 Å². The van der Waals surface area contributed by atoms with Gasteiger partial charge in [0.15, 0.2) is 0 Å². The molecule has 1 aliphatic carbocycles. The zero-order valence-corrected chi connectivity index (χ0v) is 11.9. The maximum atomic E-state index is 12.5. The molecule has 1 aliphatic heterocycles. The zero-order chi connectivity index (χ0) is 13.8. The van der Waals surface area contributed by atoms with Crippen LogP contribution in [0.3, 0.4) is 0 Å². The molecule has 1 saturated heterocycles. The number of carbonyl (C=O) groups is 2. The summed E-state index contributed by atoms with van der Waals surface area (Å²) in [6, 6.07) is 0.120. The second-order valence-corrected chi connectivity index (χ2v) is 5.64. The molecule has 2 fully saturated rings. The Morgan fingerprint density at radius 1 is 1.32 bits per heavy atom. The minimum atomic E-state index is -0.299. The summed E-state index contributed by atoms with van der Waals surface area (Å²) in [5.74, 6) is 0.340. The number of esters is 1. The molecule has 5 nitrogen and oxygen atoms in total. The summed E-state index contributed by atoms with van der Waals surface area (Å²) in [5.41, 5.74) is 0. The lowest BCUT2D eigenvalue weighted by Gasteiger charge is -2.32. The molecule has 0 aromatic carbocycles. The molecular formula is C14H24N2O3. The Labute approximate surface area is 114 Å². The Morgan fingerprint density at radius 3 is 2.63 bits per heavy atom. The third-order valence-electron chi connectivity index (χ3n) is 3.84. The van der Waals surface area contributed by atoms with Gasteiger partial charge in [-0.05, 0) is 45.1 Å². The summed E-state index contributed by atoms with van der Waals surface area (Å²) in [7, 11) is 0. The normalized spacial score (nSPS) is 26.8. The van der Waals surface area contributed by atoms with Crippen molar-refractivity contribution in [1.82, 2.24) is 10.2 Å². The van der Waals surface area contributed by atoms with Gasteiger partial charge in [0, 0.05) is 6.04 Å². The SMILES string of the molecule is CCOC(=O)CN(C(=O)C1CC(C)CCN1)C1CC1. The van der Waals surface area contributed by atoms with Crippen LogP contribution in [0.5, 0.6) is 0 Å². The van der Waals surface area contributed by atoms with Gasteiger partial charge in [0.2, 0.25) is 5.91 Å². The first-order valence-electron chi connectivity index (χ1n) is 7.31. The van der Waals surface area contributed by atoms with E-state index in [2.05, 4.69) is 12.2 Å². The zero-order valence-electron chi connectivity index (χ0n) is 11.9. The van der Waals surface area contributed by atoms with E-state index in [9.17, 15) is 9.59 Å². The Bertz CT molecular complexity index is 342. The largest absolute Gasteiger partial charge is 0.465 e. The number of rotatable bonds is 5. The van der Waals surface area contributed by atoms with Crippen molar-refractivity contribution in [2.24, 2.45) is 5.92 Å². The van der Waals surface area contributed by atoms with E-state index in [1.165, 1.54) is 0 Å². The van der Waals surface area contributed by atoms with Gasteiger partial charge in [0.25, 0.3) is 0 Å². The summed E-state index contributed by atoms with van der Waals surface area (Å²) in [4.78, 5) is 25.8. The first-order chi connectivity index (χ1) is 9.11. The number of hydrogen-bond acceptors (Lipinski definition) is 4. The van der Waals surface area contributed by atoms with E-state index in [1.54, 1.807) is 11.8 Å². The molecule has 1 N–H and O–H groups in total. The molecule has 0 bridgehead atoms. The van der Waals surface area contributed by atoms with Gasteiger partial charge in [-0.2, -0.15) is 0 Å². The maximum Gasteiger partial charge on any atom is 0.325 e. The Kier molecular flexibility index (Phi) is 4.80. The highest BCUT2D eigenvalue weighted by Crippen LogP contribution is 2.28. The van der Waals surface area contributed by atoms with E-state index in [1.807, 2.05) is 0 Å². The molecular weight excluding hydrogens is 244 g/mol. The Hall–Kier alpha value is -1.10. The van der Waals surface area contributed by atoms with Gasteiger partial charge in [-0.1, -0.05) is 6.92 Å². The number of carbonyl (C=O) groups excluding carboxylic acids is 2. The number of amides is 1. The third-order valence-corrected chi connectivity index (χ3v) is 3.84. The molecule has 2 unspecified atom stereocenters. The number of nitrogens with one attached hydrogen (secondary N) is 1. The van der Waals surface area contributed by atoms with Gasteiger partial charge in [0.1, 0.15) is 6.54 Å². The smallest absolute Gasteiger partial charge is 0.325 e. The van der Waals surface area contributed by atoms with Gasteiger partial charge in [-0.3, -0.25) is 9.59 Å². The summed E-state index contributed by atoms with van der Waals surface area (Å²) in [5, 5.41) is 3.27. The molecule has 2 aliphatic rings. The van der Waals surface area contributed by atoms with Crippen LogP contribution in [-0.4, -0.2) is 48.6 Å². The average molecular weight is 268 g/mol. The molecule has 0 radical (unpaired) electrons. The molecule has 0 spiro atoms. The van der Waals surface area contributed by atoms with Crippen LogP contribution in [0.2, 0.25) is 0 Å². The summed E-state index contributed by atoms with van der Waals surface area (Å²) < 4.78 is 4.96. The van der Waals surface area contributed by atoms with E-state index in [4.69, 9.17) is 4.74 Å². The van der Waals surface area contributed by atoms with Crippen molar-refractivity contribution in [3.63, 3.8) is 0 Å². The fourth-order valence-corrected chi connectivity index (χ4v) is 2.61. The maximum absolute atomic E-state index is 12.5. The lowest BCUT2D eigenvalue weighted by atomic mass is 9.93. The predicted octanol–water partition coefficient (Wildman–Crippen LogP) is 0.929. The van der Waals surface area contributed by atoms with Crippen molar-refractivity contribution in [3.8, 4) is 0 Å². The van der Waals surface area contributed by atoms with Crippen LogP contribution in [0.1, 0.15) is 39.5 Å². The second-order valence-electron chi connectivity index (χ2n) is 5.64. The number of hydrogen-bond donors (Lipinski definition) is 1. The molecule has 108 valence electrons. The van der Waals surface area contributed by atoms with Crippen molar-refractivity contribution < 1.29 is 14.3 Å². The quantitative estimate of drug-likeness (QED) is 0.754. The van der Waals surface area contributed by atoms with E-state index in [0.29, 0.717) is 12.5 Å². The van der Waals surface area contributed by atoms with Crippen molar-refractivity contribution >= 4 is 11.9 Å². The average Bonchev–Trinajstić information content (AvgIpc) is 3.20. The third kappa shape index (κ3) is 3.93. The van der Waals surface area contributed by atoms with Crippen LogP contribution in [0.25, 0.3) is 0 Å². The van der Waals surface area contributed by atoms with Gasteiger partial charge in [-0.15, -0.1) is 0 Å². The topological polar surface area (TPSA) is 58.6 Å². The first kappa shape index (κ1) is 14.3. The van der Waals surface area contributed by atoms with Crippen LogP contribution in [-0.2, 0) is 14.3 Å². The second kappa shape index (κ2) is 6.37. The van der Waals surface area contributed by atoms with Crippen molar-refractivity contribution in [2.45, 2.75) is 51.6 Å². The van der Waals surface area contributed by atoms with Gasteiger partial charge in [-0.25, -0.2) is 0 Å². The van der Waals surface area contributed by atoms with Crippen molar-refractivity contribution in [3.05, 3.63) is 0 Å². The lowest BCUT2D eigenvalue weighted by Crippen LogP contribution is -2.52. The highest BCUT2D eigenvalue weighted by Gasteiger charge is 2.38. The number of nitrogens with zero attached hydrogens (tertiary/aromatic N) is 1. The van der Waals surface area contributed by atoms with Crippen molar-refractivity contribution in [1.29, 1.82) is 0 Å². The summed E-state index contributed by atoms with van der Waals surface area (Å²) in [6.07, 6.45) is 4.00. The minimum absolute atomic E-state index is 0.0714. The molecule has 1 amide bonds. The highest BCUT2D eigenvalue weighted by atomic mass is 16.5. The fraction of sp³-hybridized carbons (Fsp3) is 0.857. The molecule has 1 heterocycles. The molecule has 0 aromatic rings. The van der Waals surface area contributed by atoms with Crippen LogP contribution in [0, 0.1) is 5.92 Å². The molecule has 2 atom stereocenters. The van der Waals surface area contributed by atoms with Crippen LogP contribution in [0.4, 0.5) is 0 Å². The molecule has 1 saturated carbocycles. The number of piperidine rings is 1. The Balaban J connectivity index is 1.94. The predicted molar refractivity (Wildman–Crippen MR) is 71.6 cm³/mol. The van der Waals surface area contributed by atoms with Crippen LogP contribution < -0.4 is 5.32 Å². The van der Waals surface area contributed by atoms with Gasteiger partial charge in [0.05, 0.1) is 12.6 Å². The lowest BCUT2D eigenvalue weighted by molar-refractivity contribution is -0.150.